The lowest BCUT2D eigenvalue weighted by molar-refractivity contribution is -0.121. The van der Waals surface area contributed by atoms with E-state index >= 15 is 0 Å². The summed E-state index contributed by atoms with van der Waals surface area (Å²) in [5.74, 6) is -0.552. The van der Waals surface area contributed by atoms with Crippen LogP contribution in [-0.4, -0.2) is 25.2 Å². The minimum absolute atomic E-state index is 0.0354. The monoisotopic (exact) mass is 351 g/mol. The molecular formula is C14H13N3O4S2. The molecule has 0 aliphatic carbocycles. The molecule has 2 heterocycles. The highest BCUT2D eigenvalue weighted by Crippen LogP contribution is 2.25. The first-order valence-corrected chi connectivity index (χ1v) is 9.14. The van der Waals surface area contributed by atoms with E-state index in [1.807, 2.05) is 0 Å². The number of aryl methyl sites for hydroxylation is 1. The summed E-state index contributed by atoms with van der Waals surface area (Å²) in [6.45, 7) is 1.77. The zero-order valence-corrected chi connectivity index (χ0v) is 13.8. The van der Waals surface area contributed by atoms with Gasteiger partial charge in [0.1, 0.15) is 0 Å². The molecule has 0 spiro atoms. The van der Waals surface area contributed by atoms with Crippen LogP contribution in [0.4, 0.5) is 10.8 Å². The highest BCUT2D eigenvalue weighted by molar-refractivity contribution is 7.93. The number of anilines is 2. The van der Waals surface area contributed by atoms with Gasteiger partial charge in [0.2, 0.25) is 11.8 Å². The van der Waals surface area contributed by atoms with E-state index in [1.54, 1.807) is 12.3 Å². The highest BCUT2D eigenvalue weighted by atomic mass is 32.2. The van der Waals surface area contributed by atoms with Gasteiger partial charge < -0.3 is 0 Å². The predicted molar refractivity (Wildman–Crippen MR) is 85.8 cm³/mol. The topological polar surface area (TPSA) is 96.4 Å². The van der Waals surface area contributed by atoms with Gasteiger partial charge in [-0.1, -0.05) is 0 Å². The fourth-order valence-corrected chi connectivity index (χ4v) is 4.15. The van der Waals surface area contributed by atoms with Crippen LogP contribution in [-0.2, 0) is 19.6 Å². The second-order valence-corrected chi connectivity index (χ2v) is 7.56. The van der Waals surface area contributed by atoms with E-state index in [2.05, 4.69) is 9.71 Å². The van der Waals surface area contributed by atoms with Crippen LogP contribution in [0.15, 0.2) is 34.5 Å². The summed E-state index contributed by atoms with van der Waals surface area (Å²) in [5, 5.41) is 2.03. The molecule has 0 unspecified atom stereocenters. The average molecular weight is 351 g/mol. The van der Waals surface area contributed by atoms with E-state index in [-0.39, 0.29) is 34.7 Å². The quantitative estimate of drug-likeness (QED) is 0.849. The maximum atomic E-state index is 12.3. The van der Waals surface area contributed by atoms with Crippen molar-refractivity contribution in [2.45, 2.75) is 24.7 Å². The Morgan fingerprint density at radius 3 is 2.26 bits per heavy atom. The van der Waals surface area contributed by atoms with Gasteiger partial charge in [0.25, 0.3) is 10.0 Å². The summed E-state index contributed by atoms with van der Waals surface area (Å²) in [6.07, 6.45) is 0.369. The molecule has 23 heavy (non-hydrogen) atoms. The first-order chi connectivity index (χ1) is 10.9. The van der Waals surface area contributed by atoms with Gasteiger partial charge in [0, 0.05) is 18.2 Å². The molecule has 1 N–H and O–H groups in total. The minimum Gasteiger partial charge on any atom is -0.274 e. The smallest absolute Gasteiger partial charge is 0.263 e. The van der Waals surface area contributed by atoms with Gasteiger partial charge in [-0.3, -0.25) is 19.2 Å². The Morgan fingerprint density at radius 1 is 1.13 bits per heavy atom. The third kappa shape index (κ3) is 3.10. The zero-order valence-electron chi connectivity index (χ0n) is 12.1. The SMILES string of the molecule is Cc1csc(NS(=O)(=O)c2ccc(N3C(=O)CCC3=O)cc2)n1. The standard InChI is InChI=1S/C14H13N3O4S2/c1-9-8-22-14(15-9)16-23(20,21)11-4-2-10(3-5-11)17-12(18)6-7-13(17)19/h2-5,8H,6-7H2,1H3,(H,15,16). The molecular weight excluding hydrogens is 338 g/mol. The lowest BCUT2D eigenvalue weighted by atomic mass is 10.3. The van der Waals surface area contributed by atoms with E-state index in [9.17, 15) is 18.0 Å². The maximum absolute atomic E-state index is 12.3. The van der Waals surface area contributed by atoms with E-state index in [1.165, 1.54) is 35.6 Å². The van der Waals surface area contributed by atoms with Gasteiger partial charge in [0.15, 0.2) is 5.13 Å². The third-order valence-corrected chi connectivity index (χ3v) is 5.66. The summed E-state index contributed by atoms with van der Waals surface area (Å²) in [6, 6.07) is 5.61. The number of nitrogens with zero attached hydrogens (tertiary/aromatic N) is 2. The van der Waals surface area contributed by atoms with Crippen LogP contribution < -0.4 is 9.62 Å². The number of carbonyl (C=O) groups is 2. The number of sulfonamides is 1. The molecule has 0 radical (unpaired) electrons. The zero-order chi connectivity index (χ0) is 16.6. The van der Waals surface area contributed by atoms with Gasteiger partial charge in [-0.2, -0.15) is 0 Å². The van der Waals surface area contributed by atoms with Crippen LogP contribution in [0.5, 0.6) is 0 Å². The predicted octanol–water partition coefficient (Wildman–Crippen LogP) is 1.91. The molecule has 0 atom stereocenters. The molecule has 0 bridgehead atoms. The van der Waals surface area contributed by atoms with Crippen molar-refractivity contribution >= 4 is 44.0 Å². The third-order valence-electron chi connectivity index (χ3n) is 3.30. The molecule has 120 valence electrons. The average Bonchev–Trinajstić information content (AvgIpc) is 3.04. The molecule has 1 aliphatic rings. The van der Waals surface area contributed by atoms with Crippen LogP contribution >= 0.6 is 11.3 Å². The Morgan fingerprint density at radius 2 is 1.74 bits per heavy atom. The number of hydrogen-bond acceptors (Lipinski definition) is 6. The van der Waals surface area contributed by atoms with Gasteiger partial charge in [0.05, 0.1) is 16.3 Å². The van der Waals surface area contributed by atoms with E-state index in [4.69, 9.17) is 0 Å². The summed E-state index contributed by atoms with van der Waals surface area (Å²) < 4.78 is 27.0. The first kappa shape index (κ1) is 15.6. The number of rotatable bonds is 4. The summed E-state index contributed by atoms with van der Waals surface area (Å²) >= 11 is 1.20. The Hall–Kier alpha value is -2.26. The van der Waals surface area contributed by atoms with Gasteiger partial charge in [-0.05, 0) is 31.2 Å². The van der Waals surface area contributed by atoms with Crippen molar-refractivity contribution in [3.05, 3.63) is 35.3 Å². The molecule has 7 nitrogen and oxygen atoms in total. The maximum Gasteiger partial charge on any atom is 0.263 e. The number of carbonyl (C=O) groups excluding carboxylic acids is 2. The fourth-order valence-electron chi connectivity index (χ4n) is 2.21. The van der Waals surface area contributed by atoms with Gasteiger partial charge in [-0.15, -0.1) is 11.3 Å². The van der Waals surface area contributed by atoms with Gasteiger partial charge in [-0.25, -0.2) is 13.4 Å². The number of nitrogens with one attached hydrogen (secondary N) is 1. The van der Waals surface area contributed by atoms with Crippen LogP contribution in [0.3, 0.4) is 0 Å². The van der Waals surface area contributed by atoms with Crippen molar-refractivity contribution in [1.82, 2.24) is 4.98 Å². The van der Waals surface area contributed by atoms with Crippen LogP contribution in [0, 0.1) is 6.92 Å². The highest BCUT2D eigenvalue weighted by Gasteiger charge is 2.30. The van der Waals surface area contributed by atoms with Crippen LogP contribution in [0.25, 0.3) is 0 Å². The number of aromatic nitrogens is 1. The Balaban J connectivity index is 1.84. The van der Waals surface area contributed by atoms with Crippen molar-refractivity contribution in [3.8, 4) is 0 Å². The van der Waals surface area contributed by atoms with Crippen molar-refractivity contribution in [1.29, 1.82) is 0 Å². The molecule has 1 aromatic carbocycles. The lowest BCUT2D eigenvalue weighted by Gasteiger charge is -2.14. The summed E-state index contributed by atoms with van der Waals surface area (Å²) in [7, 11) is -3.76. The molecule has 1 aromatic heterocycles. The van der Waals surface area contributed by atoms with Crippen molar-refractivity contribution < 1.29 is 18.0 Å². The molecule has 2 amide bonds. The van der Waals surface area contributed by atoms with Crippen molar-refractivity contribution in [2.24, 2.45) is 0 Å². The van der Waals surface area contributed by atoms with Crippen molar-refractivity contribution in [3.63, 3.8) is 0 Å². The van der Waals surface area contributed by atoms with E-state index in [0.717, 1.165) is 10.6 Å². The molecule has 2 aromatic rings. The van der Waals surface area contributed by atoms with Gasteiger partial charge >= 0.3 is 0 Å². The van der Waals surface area contributed by atoms with E-state index < -0.39 is 10.0 Å². The normalized spacial score (nSPS) is 15.3. The lowest BCUT2D eigenvalue weighted by Crippen LogP contribution is -2.28. The molecule has 9 heteroatoms. The second kappa shape index (κ2) is 5.74. The molecule has 1 saturated heterocycles. The second-order valence-electron chi connectivity index (χ2n) is 5.02. The Kier molecular flexibility index (Phi) is 3.90. The molecule has 0 saturated carbocycles. The van der Waals surface area contributed by atoms with Crippen LogP contribution in [0.1, 0.15) is 18.5 Å². The molecule has 1 aliphatic heterocycles. The number of imide groups is 1. The number of hydrogen-bond donors (Lipinski definition) is 1. The summed E-state index contributed by atoms with van der Waals surface area (Å²) in [5.41, 5.74) is 1.11. The number of amides is 2. The minimum atomic E-state index is -3.76. The largest absolute Gasteiger partial charge is 0.274 e. The Labute approximate surface area is 137 Å². The van der Waals surface area contributed by atoms with E-state index in [0.29, 0.717) is 5.69 Å². The van der Waals surface area contributed by atoms with Crippen molar-refractivity contribution in [2.75, 3.05) is 9.62 Å². The molecule has 1 fully saturated rings. The van der Waals surface area contributed by atoms with Crippen LogP contribution in [0.2, 0.25) is 0 Å². The summed E-state index contributed by atoms with van der Waals surface area (Å²) in [4.78, 5) is 28.5. The molecule has 3 rings (SSSR count). The number of benzene rings is 1. The Bertz CT molecular complexity index is 856. The fraction of sp³-hybridized carbons (Fsp3) is 0.214. The first-order valence-electron chi connectivity index (χ1n) is 6.77. The number of thiazole rings is 1.